The Hall–Kier alpha value is -3.12. The smallest absolute Gasteiger partial charge is 0.261 e. The van der Waals surface area contributed by atoms with E-state index in [0.29, 0.717) is 31.2 Å². The molecule has 0 aliphatic heterocycles. The van der Waals surface area contributed by atoms with Gasteiger partial charge in [-0.2, -0.15) is 0 Å². The van der Waals surface area contributed by atoms with Crippen LogP contribution in [0.25, 0.3) is 0 Å². The Bertz CT molecular complexity index is 1100. The SMILES string of the molecule is Cc1ccccc1CN(C(=O)COc1ccc(Br)cc1)[C@@H](Cc1ccccc1)C(=O)NCC(C)C. The normalized spacial score (nSPS) is 11.7. The van der Waals surface area contributed by atoms with Gasteiger partial charge in [-0.15, -0.1) is 0 Å². The number of rotatable bonds is 11. The Balaban J connectivity index is 1.90. The summed E-state index contributed by atoms with van der Waals surface area (Å²) in [5.41, 5.74) is 3.06. The topological polar surface area (TPSA) is 58.6 Å². The minimum Gasteiger partial charge on any atom is -0.484 e. The van der Waals surface area contributed by atoms with E-state index >= 15 is 0 Å². The summed E-state index contributed by atoms with van der Waals surface area (Å²) in [5.74, 6) is 0.503. The van der Waals surface area contributed by atoms with Crippen LogP contribution >= 0.6 is 15.9 Å². The van der Waals surface area contributed by atoms with Gasteiger partial charge in [0.15, 0.2) is 6.61 Å². The first kappa shape index (κ1) is 26.5. The van der Waals surface area contributed by atoms with Crippen LogP contribution < -0.4 is 10.1 Å². The number of aryl methyl sites for hydroxylation is 1. The molecule has 0 radical (unpaired) electrons. The van der Waals surface area contributed by atoms with E-state index in [9.17, 15) is 9.59 Å². The van der Waals surface area contributed by atoms with Crippen LogP contribution in [0, 0.1) is 12.8 Å². The second-order valence-corrected chi connectivity index (χ2v) is 9.95. The fourth-order valence-electron chi connectivity index (χ4n) is 3.71. The average Bonchev–Trinajstić information content (AvgIpc) is 2.85. The van der Waals surface area contributed by atoms with Crippen LogP contribution in [-0.4, -0.2) is 35.9 Å². The Labute approximate surface area is 216 Å². The summed E-state index contributed by atoms with van der Waals surface area (Å²) < 4.78 is 6.74. The highest BCUT2D eigenvalue weighted by molar-refractivity contribution is 9.10. The Morgan fingerprint density at radius 1 is 0.943 bits per heavy atom. The van der Waals surface area contributed by atoms with Crippen LogP contribution in [-0.2, 0) is 22.6 Å². The Kier molecular flexibility index (Phi) is 9.91. The zero-order chi connectivity index (χ0) is 25.2. The summed E-state index contributed by atoms with van der Waals surface area (Å²) in [5, 5.41) is 3.04. The second-order valence-electron chi connectivity index (χ2n) is 9.04. The van der Waals surface area contributed by atoms with Crippen LogP contribution in [0.15, 0.2) is 83.3 Å². The monoisotopic (exact) mass is 536 g/mol. The first-order chi connectivity index (χ1) is 16.8. The quantitative estimate of drug-likeness (QED) is 0.349. The van der Waals surface area contributed by atoms with E-state index in [0.717, 1.165) is 21.2 Å². The molecule has 0 aliphatic rings. The van der Waals surface area contributed by atoms with Crippen LogP contribution in [0.2, 0.25) is 0 Å². The van der Waals surface area contributed by atoms with Crippen molar-refractivity contribution in [2.24, 2.45) is 5.92 Å². The van der Waals surface area contributed by atoms with Crippen LogP contribution in [0.1, 0.15) is 30.5 Å². The standard InChI is InChI=1S/C29H33BrN2O3/c1-21(2)18-31-29(34)27(17-23-10-5-4-6-11-23)32(19-24-12-8-7-9-22(24)3)28(33)20-35-26-15-13-25(30)14-16-26/h4-16,21,27H,17-20H2,1-3H3,(H,31,34)/t27-/m0/s1. The van der Waals surface area contributed by atoms with Crippen molar-refractivity contribution < 1.29 is 14.3 Å². The van der Waals surface area contributed by atoms with E-state index < -0.39 is 6.04 Å². The maximum Gasteiger partial charge on any atom is 0.261 e. The number of nitrogens with one attached hydrogen (secondary N) is 1. The molecule has 0 fully saturated rings. The number of hydrogen-bond donors (Lipinski definition) is 1. The van der Waals surface area contributed by atoms with Gasteiger partial charge in [0, 0.05) is 24.0 Å². The summed E-state index contributed by atoms with van der Waals surface area (Å²) in [7, 11) is 0. The molecule has 0 saturated carbocycles. The molecule has 3 rings (SSSR count). The van der Waals surface area contributed by atoms with Gasteiger partial charge in [0.25, 0.3) is 5.91 Å². The molecule has 0 unspecified atom stereocenters. The summed E-state index contributed by atoms with van der Waals surface area (Å²) in [4.78, 5) is 28.7. The predicted octanol–water partition coefficient (Wildman–Crippen LogP) is 5.55. The highest BCUT2D eigenvalue weighted by Crippen LogP contribution is 2.19. The lowest BCUT2D eigenvalue weighted by Gasteiger charge is -2.32. The molecule has 3 aromatic rings. The summed E-state index contributed by atoms with van der Waals surface area (Å²) in [6, 6.07) is 24.4. The van der Waals surface area contributed by atoms with Crippen molar-refractivity contribution in [3.05, 3.63) is 100 Å². The molecule has 1 N–H and O–H groups in total. The number of carbonyl (C=O) groups is 2. The predicted molar refractivity (Wildman–Crippen MR) is 143 cm³/mol. The molecule has 0 aromatic heterocycles. The molecule has 35 heavy (non-hydrogen) atoms. The molecule has 184 valence electrons. The van der Waals surface area contributed by atoms with Gasteiger partial charge >= 0.3 is 0 Å². The van der Waals surface area contributed by atoms with Crippen molar-refractivity contribution >= 4 is 27.7 Å². The number of carbonyl (C=O) groups excluding carboxylic acids is 2. The van der Waals surface area contributed by atoms with Crippen LogP contribution in [0.4, 0.5) is 0 Å². The molecule has 0 heterocycles. The van der Waals surface area contributed by atoms with Gasteiger partial charge in [-0.3, -0.25) is 9.59 Å². The lowest BCUT2D eigenvalue weighted by molar-refractivity contribution is -0.142. The lowest BCUT2D eigenvalue weighted by atomic mass is 10.0. The molecule has 0 bridgehead atoms. The third kappa shape index (κ3) is 8.25. The molecular weight excluding hydrogens is 504 g/mol. The zero-order valence-electron chi connectivity index (χ0n) is 20.5. The molecule has 5 nitrogen and oxygen atoms in total. The summed E-state index contributed by atoms with van der Waals surface area (Å²) in [6.07, 6.45) is 0.417. The van der Waals surface area contributed by atoms with Crippen molar-refractivity contribution in [3.8, 4) is 5.75 Å². The average molecular weight is 537 g/mol. The van der Waals surface area contributed by atoms with Crippen LogP contribution in [0.5, 0.6) is 5.75 Å². The van der Waals surface area contributed by atoms with E-state index in [1.807, 2.05) is 73.7 Å². The summed E-state index contributed by atoms with van der Waals surface area (Å²) in [6.45, 7) is 6.83. The molecule has 1 atom stereocenters. The third-order valence-corrected chi connectivity index (χ3v) is 6.26. The number of nitrogens with zero attached hydrogens (tertiary/aromatic N) is 1. The lowest BCUT2D eigenvalue weighted by Crippen LogP contribution is -2.52. The van der Waals surface area contributed by atoms with E-state index in [4.69, 9.17) is 4.74 Å². The molecule has 0 saturated heterocycles. The van der Waals surface area contributed by atoms with Gasteiger partial charge in [-0.25, -0.2) is 0 Å². The highest BCUT2D eigenvalue weighted by atomic mass is 79.9. The van der Waals surface area contributed by atoms with Gasteiger partial charge in [-0.1, -0.05) is 84.4 Å². The van der Waals surface area contributed by atoms with E-state index in [1.54, 1.807) is 17.0 Å². The van der Waals surface area contributed by atoms with E-state index in [2.05, 4.69) is 35.1 Å². The first-order valence-corrected chi connectivity index (χ1v) is 12.7. The molecule has 6 heteroatoms. The van der Waals surface area contributed by atoms with E-state index in [-0.39, 0.29) is 18.4 Å². The van der Waals surface area contributed by atoms with Crippen LogP contribution in [0.3, 0.4) is 0 Å². The molecular formula is C29H33BrN2O3. The van der Waals surface area contributed by atoms with Crippen molar-refractivity contribution in [2.75, 3.05) is 13.2 Å². The molecule has 3 aromatic carbocycles. The molecule has 0 spiro atoms. The zero-order valence-corrected chi connectivity index (χ0v) is 22.1. The molecule has 2 amide bonds. The second kappa shape index (κ2) is 13.1. The van der Waals surface area contributed by atoms with Gasteiger partial charge in [0.05, 0.1) is 0 Å². The van der Waals surface area contributed by atoms with Crippen molar-refractivity contribution in [1.29, 1.82) is 0 Å². The summed E-state index contributed by atoms with van der Waals surface area (Å²) >= 11 is 3.41. The van der Waals surface area contributed by atoms with E-state index in [1.165, 1.54) is 0 Å². The third-order valence-electron chi connectivity index (χ3n) is 5.73. The number of ether oxygens (including phenoxy) is 1. The maximum absolute atomic E-state index is 13.6. The van der Waals surface area contributed by atoms with Gasteiger partial charge in [-0.05, 0) is 53.8 Å². The molecule has 0 aliphatic carbocycles. The Morgan fingerprint density at radius 2 is 1.60 bits per heavy atom. The highest BCUT2D eigenvalue weighted by Gasteiger charge is 2.31. The van der Waals surface area contributed by atoms with Gasteiger partial charge in [0.2, 0.25) is 5.91 Å². The van der Waals surface area contributed by atoms with Crippen molar-refractivity contribution in [3.63, 3.8) is 0 Å². The van der Waals surface area contributed by atoms with Gasteiger partial charge < -0.3 is 15.0 Å². The Morgan fingerprint density at radius 3 is 2.26 bits per heavy atom. The minimum atomic E-state index is -0.670. The number of benzene rings is 3. The first-order valence-electron chi connectivity index (χ1n) is 11.9. The number of hydrogen-bond acceptors (Lipinski definition) is 3. The largest absolute Gasteiger partial charge is 0.484 e. The minimum absolute atomic E-state index is 0.156. The van der Waals surface area contributed by atoms with Gasteiger partial charge in [0.1, 0.15) is 11.8 Å². The fraction of sp³-hybridized carbons (Fsp3) is 0.310. The maximum atomic E-state index is 13.6. The number of amides is 2. The van der Waals surface area contributed by atoms with Crippen molar-refractivity contribution in [2.45, 2.75) is 39.8 Å². The fourth-order valence-corrected chi connectivity index (χ4v) is 3.97. The number of halogens is 1. The van der Waals surface area contributed by atoms with Crippen molar-refractivity contribution in [1.82, 2.24) is 10.2 Å².